The Kier molecular flexibility index (Phi) is 7.89. The molecule has 3 N–H and O–H groups in total. The first-order chi connectivity index (χ1) is 18.6. The van der Waals surface area contributed by atoms with Gasteiger partial charge in [-0.3, -0.25) is 4.79 Å². The molecule has 0 saturated carbocycles. The van der Waals surface area contributed by atoms with Crippen molar-refractivity contribution in [1.29, 1.82) is 0 Å². The zero-order valence-corrected chi connectivity index (χ0v) is 20.9. The maximum atomic E-state index is 13.9. The summed E-state index contributed by atoms with van der Waals surface area (Å²) >= 11 is 0. The molecule has 0 aliphatic carbocycles. The van der Waals surface area contributed by atoms with Crippen LogP contribution in [0.15, 0.2) is 72.8 Å². The van der Waals surface area contributed by atoms with Crippen LogP contribution in [0.3, 0.4) is 0 Å². The lowest BCUT2D eigenvalue weighted by atomic mass is 10.1. The number of hydrogen-bond donors (Lipinski definition) is 3. The lowest BCUT2D eigenvalue weighted by Gasteiger charge is -2.16. The number of carbonyl (C=O) groups excluding carboxylic acids is 1. The van der Waals surface area contributed by atoms with Gasteiger partial charge in [0.05, 0.1) is 25.3 Å². The van der Waals surface area contributed by atoms with Gasteiger partial charge in [-0.2, -0.15) is 13.2 Å². The van der Waals surface area contributed by atoms with Crippen LogP contribution in [0.4, 0.5) is 24.7 Å². The minimum atomic E-state index is -4.67. The third kappa shape index (κ3) is 6.38. The standard InChI is InChI=1S/C28H24F3N3O5/c1-38-23-13-19-20(28(29,30)31)14-25(33-21(19)15-24(23)39-2)32-18-10-8-17(9-11-18)26(35)34-22(27(36)37)12-16-6-4-3-5-7-16/h3-11,13-15,22H,12H2,1-2H3,(H,32,33)(H,34,35)(H,36,37). The number of benzene rings is 3. The molecule has 0 aliphatic heterocycles. The van der Waals surface area contributed by atoms with Gasteiger partial charge in [0.2, 0.25) is 0 Å². The van der Waals surface area contributed by atoms with Crippen LogP contribution in [0.25, 0.3) is 10.9 Å². The highest BCUT2D eigenvalue weighted by Crippen LogP contribution is 2.40. The van der Waals surface area contributed by atoms with E-state index in [0.717, 1.165) is 11.6 Å². The fraction of sp³-hybridized carbons (Fsp3) is 0.179. The first-order valence-electron chi connectivity index (χ1n) is 11.7. The van der Waals surface area contributed by atoms with Crippen molar-refractivity contribution >= 4 is 34.3 Å². The Balaban J connectivity index is 1.55. The summed E-state index contributed by atoms with van der Waals surface area (Å²) in [4.78, 5) is 28.6. The molecule has 1 amide bonds. The van der Waals surface area contributed by atoms with Crippen molar-refractivity contribution in [3.63, 3.8) is 0 Å². The van der Waals surface area contributed by atoms with Gasteiger partial charge in [-0.1, -0.05) is 30.3 Å². The predicted molar refractivity (Wildman–Crippen MR) is 139 cm³/mol. The molecule has 1 heterocycles. The Bertz CT molecular complexity index is 1490. The molecule has 0 aliphatic rings. The van der Waals surface area contributed by atoms with E-state index >= 15 is 0 Å². The third-order valence-electron chi connectivity index (χ3n) is 5.92. The number of carboxylic acids is 1. The van der Waals surface area contributed by atoms with E-state index in [0.29, 0.717) is 5.69 Å². The van der Waals surface area contributed by atoms with Crippen molar-refractivity contribution in [1.82, 2.24) is 10.3 Å². The molecule has 4 aromatic rings. The Morgan fingerprint density at radius 3 is 2.18 bits per heavy atom. The van der Waals surface area contributed by atoms with Gasteiger partial charge in [0.1, 0.15) is 11.9 Å². The number of amides is 1. The molecule has 202 valence electrons. The number of ether oxygens (including phenoxy) is 2. The minimum Gasteiger partial charge on any atom is -0.493 e. The second-order valence-corrected chi connectivity index (χ2v) is 8.53. The summed E-state index contributed by atoms with van der Waals surface area (Å²) in [5.74, 6) is -1.49. The molecule has 0 radical (unpaired) electrons. The number of methoxy groups -OCH3 is 2. The molecular formula is C28H24F3N3O5. The molecule has 1 atom stereocenters. The highest BCUT2D eigenvalue weighted by molar-refractivity contribution is 5.97. The number of pyridine rings is 1. The molecule has 4 rings (SSSR count). The SMILES string of the molecule is COc1cc2nc(Nc3ccc(C(=O)NC(Cc4ccccc4)C(=O)O)cc3)cc(C(F)(F)F)c2cc1OC. The number of anilines is 2. The number of halogens is 3. The Labute approximate surface area is 221 Å². The van der Waals surface area contributed by atoms with Crippen molar-refractivity contribution in [3.05, 3.63) is 89.5 Å². The number of rotatable bonds is 9. The van der Waals surface area contributed by atoms with E-state index in [4.69, 9.17) is 9.47 Å². The highest BCUT2D eigenvalue weighted by Gasteiger charge is 2.34. The molecule has 39 heavy (non-hydrogen) atoms. The summed E-state index contributed by atoms with van der Waals surface area (Å²) in [5.41, 5.74) is 0.427. The molecule has 1 aromatic heterocycles. The summed E-state index contributed by atoms with van der Waals surface area (Å²) in [7, 11) is 2.70. The number of carboxylic acid groups (broad SMARTS) is 1. The molecule has 0 spiro atoms. The number of hydrogen-bond acceptors (Lipinski definition) is 6. The van der Waals surface area contributed by atoms with Gasteiger partial charge in [0, 0.05) is 29.1 Å². The summed E-state index contributed by atoms with van der Waals surface area (Å²) in [6, 6.07) is 17.0. The van der Waals surface area contributed by atoms with E-state index in [9.17, 15) is 27.9 Å². The number of fused-ring (bicyclic) bond motifs is 1. The first-order valence-corrected chi connectivity index (χ1v) is 11.7. The summed E-state index contributed by atoms with van der Waals surface area (Å²) in [5, 5.41) is 14.7. The largest absolute Gasteiger partial charge is 0.493 e. The van der Waals surface area contributed by atoms with E-state index in [-0.39, 0.29) is 40.2 Å². The number of nitrogens with zero attached hydrogens (tertiary/aromatic N) is 1. The van der Waals surface area contributed by atoms with Crippen molar-refractivity contribution in [2.75, 3.05) is 19.5 Å². The number of aliphatic carboxylic acids is 1. The van der Waals surface area contributed by atoms with Crippen LogP contribution in [-0.2, 0) is 17.4 Å². The normalized spacial score (nSPS) is 12.0. The van der Waals surface area contributed by atoms with E-state index in [2.05, 4.69) is 15.6 Å². The Morgan fingerprint density at radius 2 is 1.59 bits per heavy atom. The van der Waals surface area contributed by atoms with Gasteiger partial charge in [-0.05, 0) is 42.0 Å². The molecule has 1 unspecified atom stereocenters. The van der Waals surface area contributed by atoms with Crippen molar-refractivity contribution in [3.8, 4) is 11.5 Å². The smallest absolute Gasteiger partial charge is 0.417 e. The van der Waals surface area contributed by atoms with E-state index in [1.54, 1.807) is 30.3 Å². The maximum absolute atomic E-state index is 13.9. The van der Waals surface area contributed by atoms with Crippen LogP contribution in [0, 0.1) is 0 Å². The number of carbonyl (C=O) groups is 2. The van der Waals surface area contributed by atoms with Crippen molar-refractivity contribution < 1.29 is 37.3 Å². The van der Waals surface area contributed by atoms with Gasteiger partial charge in [-0.25, -0.2) is 9.78 Å². The van der Waals surface area contributed by atoms with E-state index in [1.165, 1.54) is 50.6 Å². The molecule has 8 nitrogen and oxygen atoms in total. The molecule has 0 saturated heterocycles. The van der Waals surface area contributed by atoms with E-state index < -0.39 is 29.7 Å². The third-order valence-corrected chi connectivity index (χ3v) is 5.92. The molecule has 0 bridgehead atoms. The minimum absolute atomic E-state index is 0.0408. The fourth-order valence-corrected chi connectivity index (χ4v) is 4.00. The van der Waals surface area contributed by atoms with Crippen molar-refractivity contribution in [2.45, 2.75) is 18.6 Å². The lowest BCUT2D eigenvalue weighted by molar-refractivity contribution is -0.139. The van der Waals surface area contributed by atoms with Gasteiger partial charge in [0.25, 0.3) is 5.91 Å². The monoisotopic (exact) mass is 539 g/mol. The average Bonchev–Trinajstić information content (AvgIpc) is 2.91. The zero-order valence-electron chi connectivity index (χ0n) is 20.9. The quantitative estimate of drug-likeness (QED) is 0.260. The molecule has 0 fully saturated rings. The van der Waals surface area contributed by atoms with Crippen LogP contribution >= 0.6 is 0 Å². The highest BCUT2D eigenvalue weighted by atomic mass is 19.4. The Morgan fingerprint density at radius 1 is 0.949 bits per heavy atom. The lowest BCUT2D eigenvalue weighted by Crippen LogP contribution is -2.42. The number of nitrogens with one attached hydrogen (secondary N) is 2. The van der Waals surface area contributed by atoms with Crippen LogP contribution < -0.4 is 20.1 Å². The number of alkyl halides is 3. The van der Waals surface area contributed by atoms with E-state index in [1.807, 2.05) is 0 Å². The number of aromatic nitrogens is 1. The summed E-state index contributed by atoms with van der Waals surface area (Å²) in [6.45, 7) is 0. The van der Waals surface area contributed by atoms with Gasteiger partial charge in [-0.15, -0.1) is 0 Å². The second-order valence-electron chi connectivity index (χ2n) is 8.53. The maximum Gasteiger partial charge on any atom is 0.417 e. The van der Waals surface area contributed by atoms with Gasteiger partial charge < -0.3 is 25.2 Å². The van der Waals surface area contributed by atoms with Crippen LogP contribution in [0.5, 0.6) is 11.5 Å². The topological polar surface area (TPSA) is 110 Å². The zero-order chi connectivity index (χ0) is 28.2. The molecular weight excluding hydrogens is 515 g/mol. The first kappa shape index (κ1) is 27.2. The van der Waals surface area contributed by atoms with Crippen LogP contribution in [0.1, 0.15) is 21.5 Å². The average molecular weight is 540 g/mol. The van der Waals surface area contributed by atoms with Gasteiger partial charge in [0.15, 0.2) is 11.5 Å². The predicted octanol–water partition coefficient (Wildman–Crippen LogP) is 5.44. The molecule has 11 heteroatoms. The Hall–Kier alpha value is -4.80. The van der Waals surface area contributed by atoms with Crippen LogP contribution in [0.2, 0.25) is 0 Å². The van der Waals surface area contributed by atoms with Crippen molar-refractivity contribution in [2.24, 2.45) is 0 Å². The van der Waals surface area contributed by atoms with Gasteiger partial charge >= 0.3 is 12.1 Å². The van der Waals surface area contributed by atoms with Crippen LogP contribution in [-0.4, -0.2) is 42.2 Å². The summed E-state index contributed by atoms with van der Waals surface area (Å²) < 4.78 is 52.0. The fourth-order valence-electron chi connectivity index (χ4n) is 4.00. The molecule has 3 aromatic carbocycles. The summed E-state index contributed by atoms with van der Waals surface area (Å²) in [6.07, 6.45) is -4.56. The second kappa shape index (κ2) is 11.3.